The van der Waals surface area contributed by atoms with Crippen molar-refractivity contribution in [2.75, 3.05) is 25.5 Å². The van der Waals surface area contributed by atoms with Gasteiger partial charge in [0.2, 0.25) is 0 Å². The number of hydrogen-bond donors (Lipinski definition) is 2. The number of amides is 1. The Kier molecular flexibility index (Phi) is 7.63. The van der Waals surface area contributed by atoms with Gasteiger partial charge in [0, 0.05) is 13.1 Å². The highest BCUT2D eigenvalue weighted by molar-refractivity contribution is 5.92. The minimum Gasteiger partial charge on any atom is -0.497 e. The summed E-state index contributed by atoms with van der Waals surface area (Å²) in [6.45, 7) is 1.41. The van der Waals surface area contributed by atoms with Gasteiger partial charge in [0.1, 0.15) is 11.4 Å². The van der Waals surface area contributed by atoms with E-state index in [0.717, 1.165) is 42.8 Å². The van der Waals surface area contributed by atoms with Crippen molar-refractivity contribution < 1.29 is 9.53 Å². The molecular formula is C24H27N3O2. The quantitative estimate of drug-likeness (QED) is 0.512. The number of hydrogen-bond acceptors (Lipinski definition) is 4. The van der Waals surface area contributed by atoms with E-state index in [1.807, 2.05) is 36.4 Å². The molecule has 1 heterocycles. The lowest BCUT2D eigenvalue weighted by atomic mass is 10.1. The van der Waals surface area contributed by atoms with E-state index >= 15 is 0 Å². The highest BCUT2D eigenvalue weighted by atomic mass is 16.5. The van der Waals surface area contributed by atoms with E-state index in [1.54, 1.807) is 19.4 Å². The van der Waals surface area contributed by atoms with Gasteiger partial charge in [0.25, 0.3) is 5.91 Å². The molecule has 0 atom stereocenters. The zero-order valence-electron chi connectivity index (χ0n) is 16.7. The first-order chi connectivity index (χ1) is 14.2. The molecule has 29 heavy (non-hydrogen) atoms. The van der Waals surface area contributed by atoms with Crippen LogP contribution in [-0.2, 0) is 12.8 Å². The Balaban J connectivity index is 1.39. The van der Waals surface area contributed by atoms with Crippen LogP contribution in [0.15, 0.2) is 72.9 Å². The second-order valence-corrected chi connectivity index (χ2v) is 6.81. The monoisotopic (exact) mass is 389 g/mol. The number of nitrogens with zero attached hydrogens (tertiary/aromatic N) is 1. The lowest BCUT2D eigenvalue weighted by Crippen LogP contribution is -2.26. The first-order valence-corrected chi connectivity index (χ1v) is 9.89. The van der Waals surface area contributed by atoms with Crippen LogP contribution in [0.3, 0.4) is 0 Å². The SMILES string of the molecule is COc1cccc(CCNC(=O)c2ccc(NCCCc3ccccc3)cn2)c1. The Bertz CT molecular complexity index is 896. The summed E-state index contributed by atoms with van der Waals surface area (Å²) in [7, 11) is 1.65. The molecule has 5 heteroatoms. The van der Waals surface area contributed by atoms with Crippen molar-refractivity contribution >= 4 is 11.6 Å². The molecule has 0 saturated heterocycles. The normalized spacial score (nSPS) is 10.4. The van der Waals surface area contributed by atoms with Crippen molar-refractivity contribution in [3.8, 4) is 5.75 Å². The number of aryl methyl sites for hydroxylation is 1. The summed E-state index contributed by atoms with van der Waals surface area (Å²) in [4.78, 5) is 16.5. The van der Waals surface area contributed by atoms with Crippen molar-refractivity contribution in [1.82, 2.24) is 10.3 Å². The number of rotatable bonds is 10. The highest BCUT2D eigenvalue weighted by Gasteiger charge is 2.07. The number of nitrogens with one attached hydrogen (secondary N) is 2. The van der Waals surface area contributed by atoms with Crippen molar-refractivity contribution in [3.05, 3.63) is 89.7 Å². The molecule has 0 saturated carbocycles. The van der Waals surface area contributed by atoms with Gasteiger partial charge in [-0.2, -0.15) is 0 Å². The number of benzene rings is 2. The van der Waals surface area contributed by atoms with Crippen LogP contribution in [0.1, 0.15) is 28.0 Å². The summed E-state index contributed by atoms with van der Waals surface area (Å²) in [5.41, 5.74) is 3.80. The minimum atomic E-state index is -0.163. The molecule has 0 aliphatic heterocycles. The first kappa shape index (κ1) is 20.4. The summed E-state index contributed by atoms with van der Waals surface area (Å²) in [5, 5.41) is 6.26. The van der Waals surface area contributed by atoms with Crippen LogP contribution in [0.4, 0.5) is 5.69 Å². The molecule has 0 unspecified atom stereocenters. The molecule has 3 aromatic rings. The summed E-state index contributed by atoms with van der Waals surface area (Å²) in [6.07, 6.45) is 4.52. The van der Waals surface area contributed by atoms with E-state index in [1.165, 1.54) is 5.56 Å². The number of carbonyl (C=O) groups is 1. The van der Waals surface area contributed by atoms with Gasteiger partial charge in [0.05, 0.1) is 19.0 Å². The van der Waals surface area contributed by atoms with E-state index in [2.05, 4.69) is 39.9 Å². The zero-order valence-corrected chi connectivity index (χ0v) is 16.7. The molecule has 2 N–H and O–H groups in total. The molecule has 0 aliphatic rings. The molecule has 5 nitrogen and oxygen atoms in total. The number of pyridine rings is 1. The average molecular weight is 389 g/mol. The van der Waals surface area contributed by atoms with Gasteiger partial charge < -0.3 is 15.4 Å². The van der Waals surface area contributed by atoms with Crippen LogP contribution >= 0.6 is 0 Å². The van der Waals surface area contributed by atoms with Gasteiger partial charge in [-0.15, -0.1) is 0 Å². The summed E-state index contributed by atoms with van der Waals surface area (Å²) in [5.74, 6) is 0.658. The van der Waals surface area contributed by atoms with E-state index in [9.17, 15) is 4.79 Å². The fraction of sp³-hybridized carbons (Fsp3) is 0.250. The molecule has 0 fully saturated rings. The number of methoxy groups -OCH3 is 1. The Morgan fingerprint density at radius 2 is 1.76 bits per heavy atom. The van der Waals surface area contributed by atoms with Gasteiger partial charge in [0.15, 0.2) is 0 Å². The van der Waals surface area contributed by atoms with Crippen molar-refractivity contribution in [3.63, 3.8) is 0 Å². The standard InChI is InChI=1S/C24H27N3O2/c1-29-22-11-5-9-20(17-22)14-16-26-24(28)23-13-12-21(18-27-23)25-15-6-10-19-7-3-2-4-8-19/h2-5,7-9,11-13,17-18,25H,6,10,14-16H2,1H3,(H,26,28). The predicted molar refractivity (Wildman–Crippen MR) is 117 cm³/mol. The lowest BCUT2D eigenvalue weighted by Gasteiger charge is -2.08. The van der Waals surface area contributed by atoms with Crippen LogP contribution in [-0.4, -0.2) is 31.1 Å². The van der Waals surface area contributed by atoms with Crippen LogP contribution in [0, 0.1) is 0 Å². The number of aromatic nitrogens is 1. The molecule has 0 spiro atoms. The molecular weight excluding hydrogens is 362 g/mol. The van der Waals surface area contributed by atoms with Crippen molar-refractivity contribution in [2.45, 2.75) is 19.3 Å². The zero-order chi connectivity index (χ0) is 20.3. The van der Waals surface area contributed by atoms with Gasteiger partial charge in [-0.3, -0.25) is 4.79 Å². The van der Waals surface area contributed by atoms with E-state index in [-0.39, 0.29) is 5.91 Å². The minimum absolute atomic E-state index is 0.163. The van der Waals surface area contributed by atoms with Crippen LogP contribution in [0.25, 0.3) is 0 Å². The average Bonchev–Trinajstić information content (AvgIpc) is 2.78. The summed E-state index contributed by atoms with van der Waals surface area (Å²) >= 11 is 0. The summed E-state index contributed by atoms with van der Waals surface area (Å²) < 4.78 is 5.22. The fourth-order valence-electron chi connectivity index (χ4n) is 3.04. The maximum atomic E-state index is 12.3. The van der Waals surface area contributed by atoms with E-state index in [4.69, 9.17) is 4.74 Å². The Morgan fingerprint density at radius 3 is 2.52 bits per heavy atom. The molecule has 3 rings (SSSR count). The van der Waals surface area contributed by atoms with E-state index in [0.29, 0.717) is 12.2 Å². The molecule has 0 aliphatic carbocycles. The van der Waals surface area contributed by atoms with Gasteiger partial charge in [-0.25, -0.2) is 4.98 Å². The molecule has 0 bridgehead atoms. The maximum Gasteiger partial charge on any atom is 0.269 e. The van der Waals surface area contributed by atoms with Crippen LogP contribution in [0.5, 0.6) is 5.75 Å². The maximum absolute atomic E-state index is 12.3. The Labute approximate surface area is 172 Å². The topological polar surface area (TPSA) is 63.2 Å². The van der Waals surface area contributed by atoms with Crippen LogP contribution in [0.2, 0.25) is 0 Å². The third-order valence-corrected chi connectivity index (χ3v) is 4.64. The molecule has 2 aromatic carbocycles. The number of anilines is 1. The fourth-order valence-corrected chi connectivity index (χ4v) is 3.04. The van der Waals surface area contributed by atoms with Crippen LogP contribution < -0.4 is 15.4 Å². The third kappa shape index (κ3) is 6.64. The summed E-state index contributed by atoms with van der Waals surface area (Å²) in [6, 6.07) is 21.9. The second kappa shape index (κ2) is 10.9. The molecule has 150 valence electrons. The van der Waals surface area contributed by atoms with E-state index < -0.39 is 0 Å². The smallest absolute Gasteiger partial charge is 0.269 e. The lowest BCUT2D eigenvalue weighted by molar-refractivity contribution is 0.0949. The van der Waals surface area contributed by atoms with Crippen molar-refractivity contribution in [1.29, 1.82) is 0 Å². The molecule has 1 aromatic heterocycles. The molecule has 0 radical (unpaired) electrons. The highest BCUT2D eigenvalue weighted by Crippen LogP contribution is 2.13. The Hall–Kier alpha value is -3.34. The molecule has 1 amide bonds. The van der Waals surface area contributed by atoms with Gasteiger partial charge in [-0.1, -0.05) is 42.5 Å². The Morgan fingerprint density at radius 1 is 0.931 bits per heavy atom. The third-order valence-electron chi connectivity index (χ3n) is 4.64. The van der Waals surface area contributed by atoms with Gasteiger partial charge >= 0.3 is 0 Å². The first-order valence-electron chi connectivity index (χ1n) is 9.89. The predicted octanol–water partition coefficient (Wildman–Crippen LogP) is 4.11. The van der Waals surface area contributed by atoms with Gasteiger partial charge in [-0.05, 0) is 54.7 Å². The van der Waals surface area contributed by atoms with Crippen molar-refractivity contribution in [2.24, 2.45) is 0 Å². The largest absolute Gasteiger partial charge is 0.497 e. The number of carbonyl (C=O) groups excluding carboxylic acids is 1. The number of ether oxygens (including phenoxy) is 1. The second-order valence-electron chi connectivity index (χ2n) is 6.81.